The first-order valence-corrected chi connectivity index (χ1v) is 13.9. The molecule has 3 aliphatic heterocycles. The summed E-state index contributed by atoms with van der Waals surface area (Å²) in [4.78, 5) is 28.4. The molecule has 3 aromatic rings. The van der Waals surface area contributed by atoms with Crippen molar-refractivity contribution in [3.63, 3.8) is 0 Å². The van der Waals surface area contributed by atoms with Crippen molar-refractivity contribution in [2.75, 3.05) is 33.4 Å². The van der Waals surface area contributed by atoms with Crippen molar-refractivity contribution in [2.24, 2.45) is 0 Å². The molecule has 3 aromatic carbocycles. The molecule has 6 bridgehead atoms. The first kappa shape index (κ1) is 28.2. The van der Waals surface area contributed by atoms with Gasteiger partial charge in [0.25, 0.3) is 11.8 Å². The molecule has 2 amide bonds. The van der Waals surface area contributed by atoms with Crippen molar-refractivity contribution in [3.05, 3.63) is 89.0 Å². The summed E-state index contributed by atoms with van der Waals surface area (Å²) < 4.78 is 17.9. The molecule has 8 heteroatoms. The molecule has 8 nitrogen and oxygen atoms in total. The number of allylic oxidation sites excluding steroid dienone is 1. The third-order valence-electron chi connectivity index (χ3n) is 7.43. The molecule has 6 rings (SSSR count). The van der Waals surface area contributed by atoms with Gasteiger partial charge >= 0.3 is 0 Å². The Bertz CT molecular complexity index is 1460. The van der Waals surface area contributed by atoms with Crippen LogP contribution in [0.2, 0.25) is 0 Å². The number of hydrogen-bond donors (Lipinski definition) is 2. The molecule has 0 radical (unpaired) electrons. The van der Waals surface area contributed by atoms with Crippen LogP contribution >= 0.6 is 0 Å². The lowest BCUT2D eigenvalue weighted by molar-refractivity contribution is -0.123. The van der Waals surface area contributed by atoms with Gasteiger partial charge in [0.2, 0.25) is 0 Å². The molecule has 0 aromatic heterocycles. The van der Waals surface area contributed by atoms with E-state index in [-0.39, 0.29) is 30.6 Å². The van der Waals surface area contributed by atoms with Crippen LogP contribution < -0.4 is 24.8 Å². The molecule has 214 valence electrons. The lowest BCUT2D eigenvalue weighted by atomic mass is 9.97. The maximum absolute atomic E-state index is 13.6. The summed E-state index contributed by atoms with van der Waals surface area (Å²) in [5.41, 5.74) is 5.54. The number of likely N-dealkylation sites (tertiary alicyclic amines) is 1. The number of fused-ring (bicyclic) bond motifs is 7. The number of ether oxygens (including phenoxy) is 3. The van der Waals surface area contributed by atoms with Crippen LogP contribution in [0.4, 0.5) is 0 Å². The zero-order valence-electron chi connectivity index (χ0n) is 24.0. The lowest BCUT2D eigenvalue weighted by Gasteiger charge is -2.23. The highest BCUT2D eigenvalue weighted by Crippen LogP contribution is 2.32. The summed E-state index contributed by atoms with van der Waals surface area (Å²) in [6, 6.07) is 18.6. The number of amides is 2. The molecule has 3 aliphatic rings. The first-order valence-electron chi connectivity index (χ1n) is 13.9. The van der Waals surface area contributed by atoms with E-state index in [1.54, 1.807) is 7.11 Å². The molecule has 41 heavy (non-hydrogen) atoms. The standard InChI is InChI=1S/C33H37N3O5/c1-21(2)12-13-36-18-28-31(19-36)41-29-11-9-23(14-30(29)39-4)17-34-32(37)20-40-26-7-5-6-24(15-26)27-16-25(33(38)35-28)10-8-22(27)3/h5-12,14-16,28,31H,13,17-20H2,1-4H3,(H,34,37)(H,35,38)/t28-,31-/m0/s1. The molecular weight excluding hydrogens is 518 g/mol. The number of methoxy groups -OCH3 is 1. The Kier molecular flexibility index (Phi) is 8.59. The van der Waals surface area contributed by atoms with Crippen molar-refractivity contribution < 1.29 is 23.8 Å². The van der Waals surface area contributed by atoms with E-state index in [0.29, 0.717) is 42.4 Å². The van der Waals surface area contributed by atoms with E-state index in [4.69, 9.17) is 14.2 Å². The Hall–Kier alpha value is -4.30. The second-order valence-corrected chi connectivity index (χ2v) is 10.8. The minimum absolute atomic E-state index is 0.116. The van der Waals surface area contributed by atoms with Gasteiger partial charge in [0, 0.05) is 31.7 Å². The van der Waals surface area contributed by atoms with Gasteiger partial charge in [-0.25, -0.2) is 0 Å². The average molecular weight is 556 g/mol. The number of carbonyl (C=O) groups excluding carboxylic acids is 2. The maximum atomic E-state index is 13.6. The molecular formula is C33H37N3O5. The van der Waals surface area contributed by atoms with E-state index in [1.807, 2.05) is 67.6 Å². The third kappa shape index (κ3) is 6.89. The van der Waals surface area contributed by atoms with Crippen LogP contribution in [0.1, 0.15) is 35.3 Å². The van der Waals surface area contributed by atoms with Crippen LogP contribution in [0.15, 0.2) is 72.3 Å². The fourth-order valence-electron chi connectivity index (χ4n) is 5.13. The maximum Gasteiger partial charge on any atom is 0.258 e. The number of hydrogen-bond acceptors (Lipinski definition) is 6. The van der Waals surface area contributed by atoms with Crippen LogP contribution in [0, 0.1) is 6.92 Å². The Morgan fingerprint density at radius 2 is 1.90 bits per heavy atom. The minimum atomic E-state index is -0.284. The van der Waals surface area contributed by atoms with Crippen molar-refractivity contribution in [1.82, 2.24) is 15.5 Å². The van der Waals surface area contributed by atoms with Gasteiger partial charge in [0.1, 0.15) is 11.9 Å². The Balaban J connectivity index is 1.50. The van der Waals surface area contributed by atoms with Crippen LogP contribution in [0.3, 0.4) is 0 Å². The smallest absolute Gasteiger partial charge is 0.258 e. The highest BCUT2D eigenvalue weighted by Gasteiger charge is 2.36. The zero-order valence-corrected chi connectivity index (χ0v) is 24.0. The highest BCUT2D eigenvalue weighted by molar-refractivity contribution is 5.96. The van der Waals surface area contributed by atoms with Crippen molar-refractivity contribution in [3.8, 4) is 28.4 Å². The monoisotopic (exact) mass is 555 g/mol. The van der Waals surface area contributed by atoms with Crippen LogP contribution in [0.25, 0.3) is 11.1 Å². The summed E-state index contributed by atoms with van der Waals surface area (Å²) in [6.45, 7) is 8.46. The van der Waals surface area contributed by atoms with Gasteiger partial charge in [-0.15, -0.1) is 0 Å². The van der Waals surface area contributed by atoms with Crippen molar-refractivity contribution in [2.45, 2.75) is 39.5 Å². The van der Waals surface area contributed by atoms with Gasteiger partial charge in [0.15, 0.2) is 18.1 Å². The van der Waals surface area contributed by atoms with Gasteiger partial charge in [0.05, 0.1) is 13.2 Å². The van der Waals surface area contributed by atoms with Gasteiger partial charge < -0.3 is 24.8 Å². The molecule has 2 atom stereocenters. The largest absolute Gasteiger partial charge is 0.493 e. The average Bonchev–Trinajstić information content (AvgIpc) is 3.34. The Morgan fingerprint density at radius 3 is 2.71 bits per heavy atom. The highest BCUT2D eigenvalue weighted by atomic mass is 16.5. The van der Waals surface area contributed by atoms with Gasteiger partial charge in [-0.1, -0.05) is 35.9 Å². The van der Waals surface area contributed by atoms with Crippen molar-refractivity contribution in [1.29, 1.82) is 0 Å². The lowest BCUT2D eigenvalue weighted by Crippen LogP contribution is -2.45. The van der Waals surface area contributed by atoms with Crippen LogP contribution in [0.5, 0.6) is 17.2 Å². The molecule has 0 saturated carbocycles. The number of nitrogens with one attached hydrogen (secondary N) is 2. The van der Waals surface area contributed by atoms with E-state index in [9.17, 15) is 9.59 Å². The fraction of sp³-hybridized carbons (Fsp3) is 0.333. The summed E-state index contributed by atoms with van der Waals surface area (Å²) in [5, 5.41) is 6.15. The molecule has 0 spiro atoms. The molecule has 3 heterocycles. The quantitative estimate of drug-likeness (QED) is 0.463. The number of carbonyl (C=O) groups is 2. The summed E-state index contributed by atoms with van der Waals surface area (Å²) in [5.74, 6) is 1.34. The Labute approximate surface area is 241 Å². The van der Waals surface area contributed by atoms with E-state index in [2.05, 4.69) is 35.5 Å². The topological polar surface area (TPSA) is 89.1 Å². The summed E-state index contributed by atoms with van der Waals surface area (Å²) in [7, 11) is 1.59. The SMILES string of the molecule is COc1cc2ccc1O[C@H]1CN(CC=C(C)C)C[C@@H]1NC(=O)c1ccc(C)c(c1)-c1cccc(c1)OCC(=O)NC2. The fourth-order valence-corrected chi connectivity index (χ4v) is 5.13. The molecule has 1 fully saturated rings. The number of rotatable bonds is 3. The van der Waals surface area contributed by atoms with E-state index in [0.717, 1.165) is 28.8 Å². The van der Waals surface area contributed by atoms with Gasteiger partial charge in [-0.2, -0.15) is 0 Å². The van der Waals surface area contributed by atoms with E-state index in [1.165, 1.54) is 5.57 Å². The number of nitrogens with zero attached hydrogens (tertiary/aromatic N) is 1. The van der Waals surface area contributed by atoms with Crippen LogP contribution in [-0.4, -0.2) is 62.2 Å². The molecule has 0 aliphatic carbocycles. The van der Waals surface area contributed by atoms with Gasteiger partial charge in [-0.3, -0.25) is 14.5 Å². The third-order valence-corrected chi connectivity index (χ3v) is 7.43. The normalized spacial score (nSPS) is 19.2. The minimum Gasteiger partial charge on any atom is -0.493 e. The molecule has 0 unspecified atom stereocenters. The predicted octanol–water partition coefficient (Wildman–Crippen LogP) is 4.51. The Morgan fingerprint density at radius 1 is 1.05 bits per heavy atom. The van der Waals surface area contributed by atoms with E-state index >= 15 is 0 Å². The first-order chi connectivity index (χ1) is 19.8. The van der Waals surface area contributed by atoms with E-state index < -0.39 is 0 Å². The van der Waals surface area contributed by atoms with Crippen molar-refractivity contribution >= 4 is 11.8 Å². The number of benzene rings is 3. The molecule has 2 N–H and O–H groups in total. The molecule has 1 saturated heterocycles. The predicted molar refractivity (Wildman–Crippen MR) is 158 cm³/mol. The zero-order chi connectivity index (χ0) is 28.9. The second kappa shape index (κ2) is 12.5. The summed E-state index contributed by atoms with van der Waals surface area (Å²) >= 11 is 0. The number of aryl methyl sites for hydroxylation is 1. The summed E-state index contributed by atoms with van der Waals surface area (Å²) in [6.07, 6.45) is 1.90. The second-order valence-electron chi connectivity index (χ2n) is 10.8. The van der Waals surface area contributed by atoms with Crippen LogP contribution in [-0.2, 0) is 11.3 Å². The van der Waals surface area contributed by atoms with Gasteiger partial charge in [-0.05, 0) is 79.4 Å².